The smallest absolute Gasteiger partial charge is 0.0998 e. The highest BCUT2D eigenvalue weighted by Gasteiger charge is 2.18. The Balaban J connectivity index is 2.12. The van der Waals surface area contributed by atoms with E-state index in [1.165, 1.54) is 11.1 Å². The molecule has 0 radical (unpaired) electrons. The molecule has 0 bridgehead atoms. The van der Waals surface area contributed by atoms with Crippen LogP contribution in [-0.2, 0) is 0 Å². The predicted molar refractivity (Wildman–Crippen MR) is 78.3 cm³/mol. The Morgan fingerprint density at radius 1 is 1.21 bits per heavy atom. The van der Waals surface area contributed by atoms with Crippen LogP contribution in [0.15, 0.2) is 36.4 Å². The van der Waals surface area contributed by atoms with E-state index < -0.39 is 0 Å². The molecule has 0 amide bonds. The largest absolute Gasteiger partial charge is 0.368 e. The second-order valence-corrected chi connectivity index (χ2v) is 5.09. The minimum atomic E-state index is 0.503. The number of nitriles is 1. The molecule has 1 saturated heterocycles. The van der Waals surface area contributed by atoms with E-state index in [1.807, 2.05) is 24.3 Å². The highest BCUT2D eigenvalue weighted by atomic mass is 15.2. The fraction of sp³-hybridized carbons (Fsp3) is 0.312. The monoisotopic (exact) mass is 251 g/mol. The molecule has 0 spiro atoms. The number of hydrogen-bond donors (Lipinski definition) is 1. The Hall–Kier alpha value is -2.05. The van der Waals surface area contributed by atoms with E-state index in [0.29, 0.717) is 6.04 Å². The van der Waals surface area contributed by atoms with Gasteiger partial charge in [0.2, 0.25) is 0 Å². The van der Waals surface area contributed by atoms with Gasteiger partial charge in [0, 0.05) is 42.1 Å². The van der Waals surface area contributed by atoms with Gasteiger partial charge in [-0.25, -0.2) is 0 Å². The third-order valence-corrected chi connectivity index (χ3v) is 3.73. The topological polar surface area (TPSA) is 39.1 Å². The van der Waals surface area contributed by atoms with Crippen LogP contribution < -0.4 is 10.2 Å². The standard InChI is InChI=1S/C16H17N3/c1-12-11-19(9-8-18-12)16-7-6-13(10-17)14-4-2-3-5-15(14)16/h2-7,12,18H,8-9,11H2,1H3/t12-/m1/s1. The van der Waals surface area contributed by atoms with Gasteiger partial charge in [-0.3, -0.25) is 0 Å². The van der Waals surface area contributed by atoms with Crippen LogP contribution in [0.3, 0.4) is 0 Å². The molecule has 1 heterocycles. The Kier molecular flexibility index (Phi) is 3.10. The number of piperazine rings is 1. The van der Waals surface area contributed by atoms with Crippen LogP contribution in [0.25, 0.3) is 10.8 Å². The molecule has 0 aliphatic carbocycles. The van der Waals surface area contributed by atoms with Crippen molar-refractivity contribution < 1.29 is 0 Å². The SMILES string of the molecule is C[C@@H]1CN(c2ccc(C#N)c3ccccc23)CCN1. The number of hydrogen-bond acceptors (Lipinski definition) is 3. The van der Waals surface area contributed by atoms with E-state index in [4.69, 9.17) is 0 Å². The highest BCUT2D eigenvalue weighted by molar-refractivity contribution is 5.97. The molecule has 0 aromatic heterocycles. The zero-order valence-electron chi connectivity index (χ0n) is 11.1. The fourth-order valence-corrected chi connectivity index (χ4v) is 2.81. The first kappa shape index (κ1) is 12.0. The maximum absolute atomic E-state index is 9.21. The lowest BCUT2D eigenvalue weighted by Crippen LogP contribution is -2.49. The van der Waals surface area contributed by atoms with Crippen LogP contribution in [-0.4, -0.2) is 25.7 Å². The second kappa shape index (κ2) is 4.91. The zero-order chi connectivity index (χ0) is 13.2. The van der Waals surface area contributed by atoms with Crippen molar-refractivity contribution in [2.75, 3.05) is 24.5 Å². The molecule has 2 aromatic carbocycles. The van der Waals surface area contributed by atoms with E-state index in [2.05, 4.69) is 35.3 Å². The van der Waals surface area contributed by atoms with Crippen LogP contribution in [0, 0.1) is 11.3 Å². The summed E-state index contributed by atoms with van der Waals surface area (Å²) in [6, 6.07) is 15.0. The molecule has 3 rings (SSSR count). The number of anilines is 1. The quantitative estimate of drug-likeness (QED) is 0.846. The molecule has 1 N–H and O–H groups in total. The maximum atomic E-state index is 9.21. The molecule has 1 fully saturated rings. The Labute approximate surface area is 113 Å². The van der Waals surface area contributed by atoms with E-state index >= 15 is 0 Å². The van der Waals surface area contributed by atoms with Gasteiger partial charge in [-0.05, 0) is 19.1 Å². The molecule has 96 valence electrons. The molecular weight excluding hydrogens is 234 g/mol. The summed E-state index contributed by atoms with van der Waals surface area (Å²) in [5.41, 5.74) is 1.99. The molecule has 1 aliphatic rings. The minimum absolute atomic E-state index is 0.503. The van der Waals surface area contributed by atoms with Gasteiger partial charge in [-0.2, -0.15) is 5.26 Å². The highest BCUT2D eigenvalue weighted by Crippen LogP contribution is 2.29. The van der Waals surface area contributed by atoms with E-state index in [0.717, 1.165) is 30.6 Å². The fourth-order valence-electron chi connectivity index (χ4n) is 2.81. The maximum Gasteiger partial charge on any atom is 0.0998 e. The average molecular weight is 251 g/mol. The van der Waals surface area contributed by atoms with Crippen molar-refractivity contribution >= 4 is 16.5 Å². The summed E-state index contributed by atoms with van der Waals surface area (Å²) >= 11 is 0. The Morgan fingerprint density at radius 3 is 2.74 bits per heavy atom. The summed E-state index contributed by atoms with van der Waals surface area (Å²) in [5.74, 6) is 0. The van der Waals surface area contributed by atoms with Crippen LogP contribution in [0.1, 0.15) is 12.5 Å². The summed E-state index contributed by atoms with van der Waals surface area (Å²) in [7, 11) is 0. The van der Waals surface area contributed by atoms with Crippen LogP contribution in [0.2, 0.25) is 0 Å². The predicted octanol–water partition coefficient (Wildman–Crippen LogP) is 2.51. The van der Waals surface area contributed by atoms with Crippen LogP contribution in [0.5, 0.6) is 0 Å². The van der Waals surface area contributed by atoms with Gasteiger partial charge in [0.1, 0.15) is 0 Å². The number of nitrogens with one attached hydrogen (secondary N) is 1. The molecular formula is C16H17N3. The van der Waals surface area contributed by atoms with Crippen LogP contribution in [0.4, 0.5) is 5.69 Å². The molecule has 19 heavy (non-hydrogen) atoms. The van der Waals surface area contributed by atoms with E-state index in [9.17, 15) is 5.26 Å². The first-order valence-electron chi connectivity index (χ1n) is 6.70. The molecule has 2 aromatic rings. The summed E-state index contributed by atoms with van der Waals surface area (Å²) < 4.78 is 0. The summed E-state index contributed by atoms with van der Waals surface area (Å²) in [6.07, 6.45) is 0. The number of nitrogens with zero attached hydrogens (tertiary/aromatic N) is 2. The lowest BCUT2D eigenvalue weighted by atomic mass is 10.0. The van der Waals surface area contributed by atoms with Crippen molar-refractivity contribution in [3.63, 3.8) is 0 Å². The average Bonchev–Trinajstić information content (AvgIpc) is 2.46. The lowest BCUT2D eigenvalue weighted by molar-refractivity contribution is 0.485. The minimum Gasteiger partial charge on any atom is -0.368 e. The first-order valence-corrected chi connectivity index (χ1v) is 6.70. The molecule has 3 nitrogen and oxygen atoms in total. The van der Waals surface area contributed by atoms with Crippen molar-refractivity contribution in [2.45, 2.75) is 13.0 Å². The van der Waals surface area contributed by atoms with Gasteiger partial charge in [-0.15, -0.1) is 0 Å². The normalized spacial score (nSPS) is 19.4. The van der Waals surface area contributed by atoms with Gasteiger partial charge < -0.3 is 10.2 Å². The molecule has 1 aliphatic heterocycles. The van der Waals surface area contributed by atoms with E-state index in [1.54, 1.807) is 0 Å². The van der Waals surface area contributed by atoms with Crippen molar-refractivity contribution in [1.29, 1.82) is 5.26 Å². The number of fused-ring (bicyclic) bond motifs is 1. The van der Waals surface area contributed by atoms with Gasteiger partial charge in [0.25, 0.3) is 0 Å². The molecule has 0 unspecified atom stereocenters. The first-order chi connectivity index (χ1) is 9.29. The van der Waals surface area contributed by atoms with Crippen molar-refractivity contribution in [2.24, 2.45) is 0 Å². The van der Waals surface area contributed by atoms with Crippen LogP contribution >= 0.6 is 0 Å². The Morgan fingerprint density at radius 2 is 2.00 bits per heavy atom. The lowest BCUT2D eigenvalue weighted by Gasteiger charge is -2.34. The summed E-state index contributed by atoms with van der Waals surface area (Å²) in [6.45, 7) is 5.24. The van der Waals surface area contributed by atoms with Crippen molar-refractivity contribution in [1.82, 2.24) is 5.32 Å². The molecule has 1 atom stereocenters. The summed E-state index contributed by atoms with van der Waals surface area (Å²) in [4.78, 5) is 2.41. The van der Waals surface area contributed by atoms with Gasteiger partial charge in [0.15, 0.2) is 0 Å². The van der Waals surface area contributed by atoms with Gasteiger partial charge in [-0.1, -0.05) is 24.3 Å². The Bertz CT molecular complexity index is 642. The van der Waals surface area contributed by atoms with Gasteiger partial charge in [0.05, 0.1) is 11.6 Å². The van der Waals surface area contributed by atoms with Crippen molar-refractivity contribution in [3.8, 4) is 6.07 Å². The second-order valence-electron chi connectivity index (χ2n) is 5.09. The van der Waals surface area contributed by atoms with E-state index in [-0.39, 0.29) is 0 Å². The zero-order valence-corrected chi connectivity index (χ0v) is 11.1. The number of benzene rings is 2. The molecule has 0 saturated carbocycles. The third-order valence-electron chi connectivity index (χ3n) is 3.73. The van der Waals surface area contributed by atoms with Gasteiger partial charge >= 0.3 is 0 Å². The molecule has 3 heteroatoms. The third kappa shape index (κ3) is 2.16. The number of rotatable bonds is 1. The summed E-state index contributed by atoms with van der Waals surface area (Å²) in [5, 5.41) is 14.9. The van der Waals surface area contributed by atoms with Crippen molar-refractivity contribution in [3.05, 3.63) is 42.0 Å².